The lowest BCUT2D eigenvalue weighted by atomic mass is 10.1. The number of aromatic amines is 1. The molecule has 0 fully saturated rings. The van der Waals surface area contributed by atoms with Crippen LogP contribution in [0, 0.1) is 0 Å². The van der Waals surface area contributed by atoms with Crippen molar-refractivity contribution >= 4 is 22.6 Å². The number of para-hydroxylation sites is 1. The molecule has 1 N–H and O–H groups in total. The van der Waals surface area contributed by atoms with Gasteiger partial charge in [0.15, 0.2) is 0 Å². The van der Waals surface area contributed by atoms with Gasteiger partial charge >= 0.3 is 6.18 Å². The number of fused-ring (bicyclic) bond motifs is 1. The van der Waals surface area contributed by atoms with Gasteiger partial charge in [0.05, 0.1) is 16.1 Å². The van der Waals surface area contributed by atoms with Crippen molar-refractivity contribution in [1.82, 2.24) is 9.97 Å². The average molecular weight is 297 g/mol. The second-order valence-electron chi connectivity index (χ2n) is 4.30. The first-order valence-corrected chi connectivity index (χ1v) is 6.15. The van der Waals surface area contributed by atoms with Gasteiger partial charge in [-0.2, -0.15) is 13.2 Å². The Balaban J connectivity index is 2.14. The summed E-state index contributed by atoms with van der Waals surface area (Å²) in [6, 6.07) is 10.2. The molecule has 0 amide bonds. The zero-order valence-electron chi connectivity index (χ0n) is 10.0. The van der Waals surface area contributed by atoms with Gasteiger partial charge in [-0.05, 0) is 24.3 Å². The maximum atomic E-state index is 12.7. The van der Waals surface area contributed by atoms with Crippen LogP contribution < -0.4 is 0 Å². The Morgan fingerprint density at radius 3 is 2.50 bits per heavy atom. The fourth-order valence-electron chi connectivity index (χ4n) is 1.98. The van der Waals surface area contributed by atoms with Crippen LogP contribution in [-0.4, -0.2) is 9.97 Å². The lowest BCUT2D eigenvalue weighted by Gasteiger charge is -2.07. The molecule has 3 aromatic rings. The quantitative estimate of drug-likeness (QED) is 0.679. The van der Waals surface area contributed by atoms with Crippen molar-refractivity contribution < 1.29 is 13.2 Å². The third-order valence-electron chi connectivity index (χ3n) is 2.93. The predicted molar refractivity (Wildman–Crippen MR) is 71.5 cm³/mol. The second kappa shape index (κ2) is 4.52. The largest absolute Gasteiger partial charge is 0.416 e. The summed E-state index contributed by atoms with van der Waals surface area (Å²) >= 11 is 6.00. The number of nitrogens with zero attached hydrogens (tertiary/aromatic N) is 1. The Bertz CT molecular complexity index is 777. The number of alkyl halides is 3. The highest BCUT2D eigenvalue weighted by Gasteiger charge is 2.30. The van der Waals surface area contributed by atoms with Crippen LogP contribution in [0.15, 0.2) is 42.5 Å². The first-order chi connectivity index (χ1) is 9.45. The first-order valence-electron chi connectivity index (χ1n) is 5.77. The minimum Gasteiger partial charge on any atom is -0.338 e. The molecule has 20 heavy (non-hydrogen) atoms. The number of hydrogen-bond acceptors (Lipinski definition) is 1. The second-order valence-corrected chi connectivity index (χ2v) is 4.71. The predicted octanol–water partition coefficient (Wildman–Crippen LogP) is 4.90. The number of hydrogen-bond donors (Lipinski definition) is 1. The smallest absolute Gasteiger partial charge is 0.338 e. The van der Waals surface area contributed by atoms with Crippen molar-refractivity contribution in [3.05, 3.63) is 53.1 Å². The SMILES string of the molecule is FC(F)(F)c1cccc(-c2nc3c(Cl)cccc3[nH]2)c1. The van der Waals surface area contributed by atoms with E-state index in [9.17, 15) is 13.2 Å². The van der Waals surface area contributed by atoms with Crippen LogP contribution in [0.4, 0.5) is 13.2 Å². The molecule has 0 aliphatic heterocycles. The van der Waals surface area contributed by atoms with Gasteiger partial charge in [-0.15, -0.1) is 0 Å². The topological polar surface area (TPSA) is 28.7 Å². The molecule has 2 nitrogen and oxygen atoms in total. The van der Waals surface area contributed by atoms with Gasteiger partial charge in [0, 0.05) is 5.56 Å². The number of imidazole rings is 1. The van der Waals surface area contributed by atoms with Crippen molar-refractivity contribution in [1.29, 1.82) is 0 Å². The highest BCUT2D eigenvalue weighted by Crippen LogP contribution is 2.32. The van der Waals surface area contributed by atoms with Crippen molar-refractivity contribution in [2.24, 2.45) is 0 Å². The van der Waals surface area contributed by atoms with E-state index in [1.54, 1.807) is 24.3 Å². The van der Waals surface area contributed by atoms with E-state index in [0.717, 1.165) is 12.1 Å². The van der Waals surface area contributed by atoms with E-state index < -0.39 is 11.7 Å². The molecule has 0 spiro atoms. The van der Waals surface area contributed by atoms with Crippen LogP contribution in [0.3, 0.4) is 0 Å². The van der Waals surface area contributed by atoms with E-state index in [4.69, 9.17) is 11.6 Å². The summed E-state index contributed by atoms with van der Waals surface area (Å²) in [6.07, 6.45) is -4.38. The number of halogens is 4. The van der Waals surface area contributed by atoms with Gasteiger partial charge in [0.2, 0.25) is 0 Å². The summed E-state index contributed by atoms with van der Waals surface area (Å²) in [5, 5.41) is 0.456. The van der Waals surface area contributed by atoms with E-state index in [2.05, 4.69) is 9.97 Å². The molecule has 0 aliphatic rings. The van der Waals surface area contributed by atoms with Gasteiger partial charge in [-0.1, -0.05) is 29.8 Å². The lowest BCUT2D eigenvalue weighted by molar-refractivity contribution is -0.137. The maximum absolute atomic E-state index is 12.7. The Morgan fingerprint density at radius 1 is 1.05 bits per heavy atom. The van der Waals surface area contributed by atoms with E-state index >= 15 is 0 Å². The Hall–Kier alpha value is -2.01. The molecule has 0 bridgehead atoms. The van der Waals surface area contributed by atoms with Crippen molar-refractivity contribution in [3.63, 3.8) is 0 Å². The fourth-order valence-corrected chi connectivity index (χ4v) is 2.19. The summed E-state index contributed by atoms with van der Waals surface area (Å²) < 4.78 is 38.1. The fraction of sp³-hybridized carbons (Fsp3) is 0.0714. The maximum Gasteiger partial charge on any atom is 0.416 e. The molecule has 6 heteroatoms. The molecule has 1 heterocycles. The molecule has 0 radical (unpaired) electrons. The molecule has 0 saturated heterocycles. The minimum atomic E-state index is -4.38. The van der Waals surface area contributed by atoms with E-state index in [1.807, 2.05) is 0 Å². The number of nitrogens with one attached hydrogen (secondary N) is 1. The molecule has 1 aromatic heterocycles. The molecule has 0 atom stereocenters. The Morgan fingerprint density at radius 2 is 1.80 bits per heavy atom. The Kier molecular flexibility index (Phi) is 2.94. The summed E-state index contributed by atoms with van der Waals surface area (Å²) in [6.45, 7) is 0. The van der Waals surface area contributed by atoms with Crippen molar-refractivity contribution in [2.75, 3.05) is 0 Å². The van der Waals surface area contributed by atoms with Crippen LogP contribution in [0.1, 0.15) is 5.56 Å². The molecule has 0 aliphatic carbocycles. The van der Waals surface area contributed by atoms with E-state index in [-0.39, 0.29) is 0 Å². The number of aromatic nitrogens is 2. The van der Waals surface area contributed by atoms with Crippen molar-refractivity contribution in [2.45, 2.75) is 6.18 Å². The summed E-state index contributed by atoms with van der Waals surface area (Å²) in [5.41, 5.74) is 0.889. The standard InChI is InChI=1S/C14H8ClF3N2/c15-10-5-2-6-11-12(10)20-13(19-11)8-3-1-4-9(7-8)14(16,17)18/h1-7H,(H,19,20). The summed E-state index contributed by atoms with van der Waals surface area (Å²) in [5.74, 6) is 0.360. The van der Waals surface area contributed by atoms with Gasteiger partial charge < -0.3 is 4.98 Å². The Labute approximate surface area is 117 Å². The number of benzene rings is 2. The van der Waals surface area contributed by atoms with Crippen LogP contribution in [0.5, 0.6) is 0 Å². The number of H-pyrrole nitrogens is 1. The van der Waals surface area contributed by atoms with E-state index in [0.29, 0.717) is 27.4 Å². The normalized spacial score (nSPS) is 12.0. The highest BCUT2D eigenvalue weighted by molar-refractivity contribution is 6.34. The third-order valence-corrected chi connectivity index (χ3v) is 3.23. The molecule has 0 saturated carbocycles. The van der Waals surface area contributed by atoms with Gasteiger partial charge in [0.1, 0.15) is 11.3 Å². The minimum absolute atomic E-state index is 0.360. The summed E-state index contributed by atoms with van der Waals surface area (Å²) in [4.78, 5) is 7.22. The molecule has 0 unspecified atom stereocenters. The van der Waals surface area contributed by atoms with Gasteiger partial charge in [-0.25, -0.2) is 4.98 Å². The first kappa shape index (κ1) is 13.0. The van der Waals surface area contributed by atoms with E-state index in [1.165, 1.54) is 6.07 Å². The molecule has 102 valence electrons. The van der Waals surface area contributed by atoms with Crippen LogP contribution in [-0.2, 0) is 6.18 Å². The monoisotopic (exact) mass is 296 g/mol. The third kappa shape index (κ3) is 2.25. The molecule has 3 rings (SSSR count). The van der Waals surface area contributed by atoms with Crippen LogP contribution in [0.2, 0.25) is 5.02 Å². The van der Waals surface area contributed by atoms with Crippen LogP contribution in [0.25, 0.3) is 22.4 Å². The molecular formula is C14H8ClF3N2. The zero-order chi connectivity index (χ0) is 14.3. The lowest BCUT2D eigenvalue weighted by Crippen LogP contribution is -2.04. The number of rotatable bonds is 1. The molecule has 2 aromatic carbocycles. The molecular weight excluding hydrogens is 289 g/mol. The zero-order valence-corrected chi connectivity index (χ0v) is 10.8. The van der Waals surface area contributed by atoms with Crippen molar-refractivity contribution in [3.8, 4) is 11.4 Å². The van der Waals surface area contributed by atoms with Gasteiger partial charge in [-0.3, -0.25) is 0 Å². The highest BCUT2D eigenvalue weighted by atomic mass is 35.5. The van der Waals surface area contributed by atoms with Gasteiger partial charge in [0.25, 0.3) is 0 Å². The summed E-state index contributed by atoms with van der Waals surface area (Å²) in [7, 11) is 0. The average Bonchev–Trinajstić information content (AvgIpc) is 2.83. The van der Waals surface area contributed by atoms with Crippen LogP contribution >= 0.6 is 11.6 Å².